The molecule has 2 N–H and O–H groups in total. The maximum absolute atomic E-state index is 9.22. The Hall–Kier alpha value is -1.02. The smallest absolute Gasteiger partial charge is 0.115 e. The van der Waals surface area contributed by atoms with Crippen molar-refractivity contribution >= 4 is 0 Å². The molecule has 2 nitrogen and oxygen atoms in total. The van der Waals surface area contributed by atoms with Gasteiger partial charge in [0.2, 0.25) is 0 Å². The largest absolute Gasteiger partial charge is 0.508 e. The van der Waals surface area contributed by atoms with Crippen molar-refractivity contribution in [2.45, 2.75) is 53.0 Å². The molecular formula is C16H27NO. The first kappa shape index (κ1) is 15.0. The van der Waals surface area contributed by atoms with E-state index in [-0.39, 0.29) is 0 Å². The van der Waals surface area contributed by atoms with E-state index in [2.05, 4.69) is 33.0 Å². The number of nitrogens with one attached hydrogen (secondary N) is 1. The third kappa shape index (κ3) is 5.54. The minimum Gasteiger partial charge on any atom is -0.508 e. The third-order valence-electron chi connectivity index (χ3n) is 3.69. The van der Waals surface area contributed by atoms with Gasteiger partial charge in [-0.15, -0.1) is 0 Å². The van der Waals surface area contributed by atoms with E-state index in [0.29, 0.717) is 17.2 Å². The summed E-state index contributed by atoms with van der Waals surface area (Å²) in [6, 6.07) is 8.04. The van der Waals surface area contributed by atoms with Crippen LogP contribution in [0.5, 0.6) is 5.75 Å². The minimum atomic E-state index is 0.342. The number of phenolic OH excluding ortho intramolecular Hbond substituents is 1. The van der Waals surface area contributed by atoms with Crippen molar-refractivity contribution in [3.63, 3.8) is 0 Å². The standard InChI is InChI=1S/C16H27NO/c1-5-16(3,4)12-17-13(2)6-7-14-8-10-15(18)11-9-14/h8-11,13,17-18H,5-7,12H2,1-4H3. The topological polar surface area (TPSA) is 32.3 Å². The van der Waals surface area contributed by atoms with Gasteiger partial charge in [0.25, 0.3) is 0 Å². The van der Waals surface area contributed by atoms with Gasteiger partial charge in [0.1, 0.15) is 5.75 Å². The lowest BCUT2D eigenvalue weighted by Crippen LogP contribution is -2.35. The first-order valence-electron chi connectivity index (χ1n) is 6.94. The first-order chi connectivity index (χ1) is 8.43. The van der Waals surface area contributed by atoms with Gasteiger partial charge < -0.3 is 10.4 Å². The van der Waals surface area contributed by atoms with Crippen molar-refractivity contribution in [2.24, 2.45) is 5.41 Å². The van der Waals surface area contributed by atoms with Crippen LogP contribution in [0.1, 0.15) is 46.1 Å². The second-order valence-electron chi connectivity index (χ2n) is 6.00. The zero-order chi connectivity index (χ0) is 13.6. The van der Waals surface area contributed by atoms with E-state index in [0.717, 1.165) is 19.4 Å². The summed E-state index contributed by atoms with van der Waals surface area (Å²) in [5.41, 5.74) is 1.67. The fourth-order valence-corrected chi connectivity index (χ4v) is 1.72. The highest BCUT2D eigenvalue weighted by Gasteiger charge is 2.15. The molecule has 1 atom stereocenters. The molecule has 0 aliphatic rings. The summed E-state index contributed by atoms with van der Waals surface area (Å²) in [5, 5.41) is 12.8. The van der Waals surface area contributed by atoms with Gasteiger partial charge in [-0.05, 0) is 49.3 Å². The highest BCUT2D eigenvalue weighted by Crippen LogP contribution is 2.18. The van der Waals surface area contributed by atoms with Gasteiger partial charge in [-0.2, -0.15) is 0 Å². The molecule has 1 aromatic rings. The number of benzene rings is 1. The Balaban J connectivity index is 2.29. The van der Waals surface area contributed by atoms with Gasteiger partial charge in [-0.3, -0.25) is 0 Å². The van der Waals surface area contributed by atoms with E-state index < -0.39 is 0 Å². The Labute approximate surface area is 111 Å². The molecule has 18 heavy (non-hydrogen) atoms. The van der Waals surface area contributed by atoms with Crippen molar-refractivity contribution < 1.29 is 5.11 Å². The fraction of sp³-hybridized carbons (Fsp3) is 0.625. The van der Waals surface area contributed by atoms with E-state index in [1.54, 1.807) is 12.1 Å². The molecule has 0 amide bonds. The van der Waals surface area contributed by atoms with Crippen LogP contribution >= 0.6 is 0 Å². The predicted molar refractivity (Wildman–Crippen MR) is 78.0 cm³/mol. The monoisotopic (exact) mass is 249 g/mol. The molecule has 0 aliphatic heterocycles. The van der Waals surface area contributed by atoms with E-state index in [4.69, 9.17) is 0 Å². The summed E-state index contributed by atoms with van der Waals surface area (Å²) in [5.74, 6) is 0.342. The maximum Gasteiger partial charge on any atom is 0.115 e. The van der Waals surface area contributed by atoms with Crippen LogP contribution in [-0.4, -0.2) is 17.7 Å². The Kier molecular flexibility index (Phi) is 5.67. The molecule has 2 heteroatoms. The second kappa shape index (κ2) is 6.79. The van der Waals surface area contributed by atoms with Crippen molar-refractivity contribution in [3.8, 4) is 5.75 Å². The molecule has 1 unspecified atom stereocenters. The normalized spacial score (nSPS) is 13.6. The molecule has 1 rings (SSSR count). The highest BCUT2D eigenvalue weighted by atomic mass is 16.3. The lowest BCUT2D eigenvalue weighted by molar-refractivity contribution is 0.308. The van der Waals surface area contributed by atoms with E-state index >= 15 is 0 Å². The van der Waals surface area contributed by atoms with Gasteiger partial charge in [0.05, 0.1) is 0 Å². The van der Waals surface area contributed by atoms with Crippen LogP contribution in [0.15, 0.2) is 24.3 Å². The number of rotatable bonds is 7. The molecule has 1 aromatic carbocycles. The number of phenols is 1. The van der Waals surface area contributed by atoms with Gasteiger partial charge >= 0.3 is 0 Å². The zero-order valence-electron chi connectivity index (χ0n) is 12.2. The zero-order valence-corrected chi connectivity index (χ0v) is 12.2. The summed E-state index contributed by atoms with van der Waals surface area (Å²) in [6.07, 6.45) is 3.39. The first-order valence-corrected chi connectivity index (χ1v) is 6.94. The molecule has 0 spiro atoms. The SMILES string of the molecule is CCC(C)(C)CNC(C)CCc1ccc(O)cc1. The quantitative estimate of drug-likeness (QED) is 0.771. The molecule has 0 saturated carbocycles. The summed E-state index contributed by atoms with van der Waals surface area (Å²) >= 11 is 0. The molecule has 0 fully saturated rings. The number of hydrogen-bond acceptors (Lipinski definition) is 2. The molecule has 0 aliphatic carbocycles. The van der Waals surface area contributed by atoms with Crippen LogP contribution in [-0.2, 0) is 6.42 Å². The van der Waals surface area contributed by atoms with Crippen LogP contribution in [0.25, 0.3) is 0 Å². The van der Waals surface area contributed by atoms with Crippen LogP contribution < -0.4 is 5.32 Å². The summed E-state index contributed by atoms with van der Waals surface area (Å²) in [6.45, 7) is 10.1. The molecule has 0 heterocycles. The highest BCUT2D eigenvalue weighted by molar-refractivity contribution is 5.25. The lowest BCUT2D eigenvalue weighted by atomic mass is 9.90. The summed E-state index contributed by atoms with van der Waals surface area (Å²) in [4.78, 5) is 0. The van der Waals surface area contributed by atoms with Crippen molar-refractivity contribution in [1.29, 1.82) is 0 Å². The Morgan fingerprint density at radius 1 is 1.22 bits per heavy atom. The Bertz CT molecular complexity index is 343. The summed E-state index contributed by atoms with van der Waals surface area (Å²) in [7, 11) is 0. The fourth-order valence-electron chi connectivity index (χ4n) is 1.72. The van der Waals surface area contributed by atoms with Crippen LogP contribution in [0, 0.1) is 5.41 Å². The average Bonchev–Trinajstić information content (AvgIpc) is 2.36. The Morgan fingerprint density at radius 2 is 1.83 bits per heavy atom. The summed E-state index contributed by atoms with van der Waals surface area (Å²) < 4.78 is 0. The minimum absolute atomic E-state index is 0.342. The molecule has 0 aromatic heterocycles. The number of aryl methyl sites for hydroxylation is 1. The number of hydrogen-bond donors (Lipinski definition) is 2. The van der Waals surface area contributed by atoms with Crippen molar-refractivity contribution in [1.82, 2.24) is 5.32 Å². The van der Waals surface area contributed by atoms with Crippen LogP contribution in [0.4, 0.5) is 0 Å². The molecular weight excluding hydrogens is 222 g/mol. The molecule has 0 saturated heterocycles. The van der Waals surface area contributed by atoms with Gasteiger partial charge in [0, 0.05) is 12.6 Å². The molecule has 0 bridgehead atoms. The van der Waals surface area contributed by atoms with Crippen molar-refractivity contribution in [3.05, 3.63) is 29.8 Å². The average molecular weight is 249 g/mol. The van der Waals surface area contributed by atoms with Crippen LogP contribution in [0.2, 0.25) is 0 Å². The van der Waals surface area contributed by atoms with Crippen molar-refractivity contribution in [2.75, 3.05) is 6.54 Å². The lowest BCUT2D eigenvalue weighted by Gasteiger charge is -2.25. The predicted octanol–water partition coefficient (Wildman–Crippen LogP) is 3.74. The number of aromatic hydroxyl groups is 1. The maximum atomic E-state index is 9.22. The van der Waals surface area contributed by atoms with E-state index in [1.165, 1.54) is 12.0 Å². The second-order valence-corrected chi connectivity index (χ2v) is 6.00. The van der Waals surface area contributed by atoms with Gasteiger partial charge in [-0.1, -0.05) is 32.9 Å². The van der Waals surface area contributed by atoms with Gasteiger partial charge in [0.15, 0.2) is 0 Å². The van der Waals surface area contributed by atoms with Gasteiger partial charge in [-0.25, -0.2) is 0 Å². The molecule has 0 radical (unpaired) electrons. The van der Waals surface area contributed by atoms with Crippen LogP contribution in [0.3, 0.4) is 0 Å². The third-order valence-corrected chi connectivity index (χ3v) is 3.69. The van der Waals surface area contributed by atoms with E-state index in [9.17, 15) is 5.11 Å². The molecule has 102 valence electrons. The van der Waals surface area contributed by atoms with E-state index in [1.807, 2.05) is 12.1 Å². The Morgan fingerprint density at radius 3 is 2.39 bits per heavy atom.